The van der Waals surface area contributed by atoms with Crippen LogP contribution >= 0.6 is 0 Å². The molecule has 2 saturated heterocycles. The van der Waals surface area contributed by atoms with Crippen LogP contribution in [0, 0.1) is 18.8 Å². The number of benzene rings is 1. The summed E-state index contributed by atoms with van der Waals surface area (Å²) in [5.74, 6) is 6.25. The molecule has 3 aliphatic rings. The van der Waals surface area contributed by atoms with E-state index in [0.29, 0.717) is 47.3 Å². The number of amides is 4. The van der Waals surface area contributed by atoms with Crippen molar-refractivity contribution in [3.63, 3.8) is 0 Å². The maximum absolute atomic E-state index is 13.5. The zero-order chi connectivity index (χ0) is 39.9. The molecule has 0 bridgehead atoms. The summed E-state index contributed by atoms with van der Waals surface area (Å²) < 4.78 is 13.2. The first-order chi connectivity index (χ1) is 28.2. The van der Waals surface area contributed by atoms with Gasteiger partial charge in [-0.25, -0.2) is 24.7 Å². The van der Waals surface area contributed by atoms with Crippen LogP contribution in [0.1, 0.15) is 64.7 Å². The van der Waals surface area contributed by atoms with Crippen molar-refractivity contribution in [2.75, 3.05) is 42.6 Å². The second-order valence-electron chi connectivity index (χ2n) is 14.5. The molecule has 292 valence electrons. The Morgan fingerprint density at radius 2 is 1.84 bits per heavy atom. The van der Waals surface area contributed by atoms with Crippen LogP contribution in [-0.2, 0) is 23.0 Å². The highest BCUT2D eigenvalue weighted by Gasteiger charge is 2.29. The number of pyridine rings is 2. The average Bonchev–Trinajstić information content (AvgIpc) is 3.67. The molecule has 8 heterocycles. The standard InChI is InChI=1S/C42H38N10O6/c1-24-18-29-32(50(2)41(24)55)19-26(25-10-16-57-17-11-25)20-33(29)51-14-5-8-31-34(51)22-45-37(48-31)28-7-4-12-43-36(28)39(54)44-13-3-6-27-21-30-38(46-23-47-40(30)58-27)52-15-9-35(53)49-42(52)56/h4,7,12,18-23,25H,5,8-11,13-17H2,1-2H3,(H,44,54)(H,49,53,56). The molecule has 9 rings (SSSR count). The number of carbonyl (C=O) groups is 3. The molecule has 3 aliphatic heterocycles. The highest BCUT2D eigenvalue weighted by Crippen LogP contribution is 2.40. The van der Waals surface area contributed by atoms with Crippen LogP contribution in [0.4, 0.5) is 22.0 Å². The Bertz CT molecular complexity index is 2780. The minimum atomic E-state index is -0.574. The predicted octanol–water partition coefficient (Wildman–Crippen LogP) is 4.44. The number of aryl methyl sites for hydroxylation is 3. The van der Waals surface area contributed by atoms with Crippen molar-refractivity contribution in [1.29, 1.82) is 0 Å². The molecule has 6 aromatic rings. The number of fused-ring (bicyclic) bond motifs is 3. The number of hydrogen-bond acceptors (Lipinski definition) is 12. The number of ether oxygens (including phenoxy) is 1. The molecule has 0 radical (unpaired) electrons. The first-order valence-electron chi connectivity index (χ1n) is 19.2. The van der Waals surface area contributed by atoms with E-state index >= 15 is 0 Å². The van der Waals surface area contributed by atoms with Crippen LogP contribution in [0.5, 0.6) is 0 Å². The molecule has 0 saturated carbocycles. The molecule has 16 nitrogen and oxygen atoms in total. The smallest absolute Gasteiger partial charge is 0.329 e. The second kappa shape index (κ2) is 15.2. The lowest BCUT2D eigenvalue weighted by atomic mass is 9.89. The molecule has 58 heavy (non-hydrogen) atoms. The fourth-order valence-electron chi connectivity index (χ4n) is 7.93. The van der Waals surface area contributed by atoms with E-state index in [4.69, 9.17) is 19.1 Å². The van der Waals surface area contributed by atoms with Gasteiger partial charge in [0.2, 0.25) is 11.6 Å². The SMILES string of the molecule is Cc1cc2c(N3CCCc4nc(-c5cccnc5C(=O)NCC#Cc5cc6c(N7CCC(=O)NC7=O)ncnc6o5)ncc43)cc(C3CCOCC3)cc2n(C)c1=O. The van der Waals surface area contributed by atoms with Crippen molar-refractivity contribution in [1.82, 2.24) is 40.1 Å². The molecule has 16 heteroatoms. The van der Waals surface area contributed by atoms with Gasteiger partial charge in [0.15, 0.2) is 17.4 Å². The zero-order valence-electron chi connectivity index (χ0n) is 31.9. The Balaban J connectivity index is 0.961. The first kappa shape index (κ1) is 36.6. The van der Waals surface area contributed by atoms with Crippen LogP contribution in [-0.4, -0.2) is 80.2 Å². The van der Waals surface area contributed by atoms with Crippen molar-refractivity contribution in [2.24, 2.45) is 7.05 Å². The molecule has 2 fully saturated rings. The lowest BCUT2D eigenvalue weighted by Gasteiger charge is -2.33. The van der Waals surface area contributed by atoms with E-state index in [2.05, 4.69) is 54.5 Å². The number of nitrogens with one attached hydrogen (secondary N) is 2. The van der Waals surface area contributed by atoms with Gasteiger partial charge in [0.05, 0.1) is 46.3 Å². The average molecular weight is 779 g/mol. The molecular weight excluding hydrogens is 741 g/mol. The Kier molecular flexibility index (Phi) is 9.58. The van der Waals surface area contributed by atoms with Gasteiger partial charge in [0.1, 0.15) is 12.0 Å². The Hall–Kier alpha value is -6.99. The van der Waals surface area contributed by atoms with E-state index in [1.165, 1.54) is 16.8 Å². The second-order valence-corrected chi connectivity index (χ2v) is 14.5. The Morgan fingerprint density at radius 1 is 0.983 bits per heavy atom. The third-order valence-electron chi connectivity index (χ3n) is 10.9. The third-order valence-corrected chi connectivity index (χ3v) is 10.9. The van der Waals surface area contributed by atoms with Gasteiger partial charge in [-0.2, -0.15) is 0 Å². The molecule has 4 amide bonds. The monoisotopic (exact) mass is 778 g/mol. The topological polar surface area (TPSA) is 191 Å². The normalized spacial score (nSPS) is 15.9. The number of hydrogen-bond donors (Lipinski definition) is 2. The van der Waals surface area contributed by atoms with Gasteiger partial charge in [0, 0.05) is 63.0 Å². The number of aromatic nitrogens is 6. The first-order valence-corrected chi connectivity index (χ1v) is 19.2. The van der Waals surface area contributed by atoms with Crippen LogP contribution in [0.2, 0.25) is 0 Å². The molecular formula is C42H38N10O6. The van der Waals surface area contributed by atoms with Crippen molar-refractivity contribution in [3.8, 4) is 23.2 Å². The quantitative estimate of drug-likeness (QED) is 0.227. The van der Waals surface area contributed by atoms with Crippen LogP contribution in [0.25, 0.3) is 33.4 Å². The minimum Gasteiger partial charge on any atom is -0.429 e. The van der Waals surface area contributed by atoms with Crippen molar-refractivity contribution < 1.29 is 23.5 Å². The summed E-state index contributed by atoms with van der Waals surface area (Å²) >= 11 is 0. The third kappa shape index (κ3) is 6.79. The molecule has 0 unspecified atom stereocenters. The van der Waals surface area contributed by atoms with Crippen molar-refractivity contribution in [2.45, 2.75) is 44.9 Å². The minimum absolute atomic E-state index is 0.0138. The molecule has 0 atom stereocenters. The number of urea groups is 1. The summed E-state index contributed by atoms with van der Waals surface area (Å²) in [6.45, 7) is 4.18. The molecule has 2 N–H and O–H groups in total. The number of nitrogens with zero attached hydrogens (tertiary/aromatic N) is 8. The lowest BCUT2D eigenvalue weighted by molar-refractivity contribution is -0.120. The van der Waals surface area contributed by atoms with Crippen molar-refractivity contribution >= 4 is 57.0 Å². The summed E-state index contributed by atoms with van der Waals surface area (Å²) in [6.07, 6.45) is 8.21. The largest absolute Gasteiger partial charge is 0.429 e. The van der Waals surface area contributed by atoms with Gasteiger partial charge in [-0.15, -0.1) is 0 Å². The highest BCUT2D eigenvalue weighted by molar-refractivity contribution is 6.08. The van der Waals surface area contributed by atoms with Crippen LogP contribution in [0.3, 0.4) is 0 Å². The number of anilines is 3. The van der Waals surface area contributed by atoms with E-state index < -0.39 is 11.9 Å². The van der Waals surface area contributed by atoms with Gasteiger partial charge < -0.3 is 23.9 Å². The van der Waals surface area contributed by atoms with Crippen LogP contribution in [0.15, 0.2) is 64.3 Å². The summed E-state index contributed by atoms with van der Waals surface area (Å²) in [4.78, 5) is 76.8. The van der Waals surface area contributed by atoms with Gasteiger partial charge in [-0.3, -0.25) is 29.6 Å². The van der Waals surface area contributed by atoms with E-state index in [1.54, 1.807) is 29.0 Å². The van der Waals surface area contributed by atoms with E-state index in [1.807, 2.05) is 26.2 Å². The highest BCUT2D eigenvalue weighted by atomic mass is 16.5. The number of rotatable bonds is 6. The summed E-state index contributed by atoms with van der Waals surface area (Å²) in [5, 5.41) is 6.54. The van der Waals surface area contributed by atoms with Crippen molar-refractivity contribution in [3.05, 3.63) is 93.7 Å². The number of furan rings is 1. The molecule has 1 aromatic carbocycles. The van der Waals surface area contributed by atoms with Gasteiger partial charge in [-0.05, 0) is 80.3 Å². The maximum Gasteiger partial charge on any atom is 0.329 e. The van der Waals surface area contributed by atoms with E-state index in [-0.39, 0.29) is 48.1 Å². The number of imide groups is 1. The van der Waals surface area contributed by atoms with Crippen LogP contribution < -0.4 is 26.0 Å². The fraction of sp³-hybridized carbons (Fsp3) is 0.310. The summed E-state index contributed by atoms with van der Waals surface area (Å²) in [7, 11) is 1.83. The number of carbonyl (C=O) groups excluding carboxylic acids is 3. The Morgan fingerprint density at radius 3 is 2.69 bits per heavy atom. The zero-order valence-corrected chi connectivity index (χ0v) is 31.9. The van der Waals surface area contributed by atoms with E-state index in [0.717, 1.165) is 60.2 Å². The summed E-state index contributed by atoms with van der Waals surface area (Å²) in [5.41, 5.74) is 6.37. The lowest BCUT2D eigenvalue weighted by Crippen LogP contribution is -2.50. The molecule has 0 aliphatic carbocycles. The predicted molar refractivity (Wildman–Crippen MR) is 214 cm³/mol. The maximum atomic E-state index is 13.5. The van der Waals surface area contributed by atoms with E-state index in [9.17, 15) is 19.2 Å². The fourth-order valence-corrected chi connectivity index (χ4v) is 7.93. The van der Waals surface area contributed by atoms with Gasteiger partial charge in [-0.1, -0.05) is 5.92 Å². The molecule has 0 spiro atoms. The van der Waals surface area contributed by atoms with Gasteiger partial charge >= 0.3 is 6.03 Å². The Labute approximate surface area is 331 Å². The summed E-state index contributed by atoms with van der Waals surface area (Å²) in [6, 6.07) is 11.0. The van der Waals surface area contributed by atoms with Gasteiger partial charge in [0.25, 0.3) is 11.5 Å². The molecule has 5 aromatic heterocycles.